The Morgan fingerprint density at radius 1 is 1.26 bits per heavy atom. The summed E-state index contributed by atoms with van der Waals surface area (Å²) in [6, 6.07) is 11.0. The number of nitrogens with one attached hydrogen (secondary N) is 1. The van der Waals surface area contributed by atoms with Crippen LogP contribution < -0.4 is 10.1 Å². The van der Waals surface area contributed by atoms with Gasteiger partial charge in [0.1, 0.15) is 18.9 Å². The molecule has 0 radical (unpaired) electrons. The number of aryl methyl sites for hydroxylation is 1. The summed E-state index contributed by atoms with van der Waals surface area (Å²) in [5, 5.41) is 2.26. The lowest BCUT2D eigenvalue weighted by Crippen LogP contribution is -2.36. The molecule has 1 saturated heterocycles. The number of terminal acetylenes is 1. The van der Waals surface area contributed by atoms with Gasteiger partial charge in [-0.05, 0) is 99.3 Å². The van der Waals surface area contributed by atoms with Gasteiger partial charge < -0.3 is 10.1 Å². The first kappa shape index (κ1) is 23.6. The number of imide groups is 1. The molecule has 1 aliphatic heterocycles. The van der Waals surface area contributed by atoms with Gasteiger partial charge in [0, 0.05) is 5.69 Å². The van der Waals surface area contributed by atoms with Gasteiger partial charge in [0.25, 0.3) is 11.1 Å². The summed E-state index contributed by atoms with van der Waals surface area (Å²) in [5.74, 6) is 2.18. The first-order valence-corrected chi connectivity index (χ1v) is 11.9. The molecule has 1 aliphatic rings. The Morgan fingerprint density at radius 2 is 1.94 bits per heavy atom. The monoisotopic (exact) mass is 658 g/mol. The Bertz CT molecular complexity index is 1120. The molecule has 0 spiro atoms. The zero-order chi connectivity index (χ0) is 22.5. The highest BCUT2D eigenvalue weighted by Gasteiger charge is 2.36. The minimum atomic E-state index is -0.493. The standard InChI is InChI=1S/C22H16I2N2O4S/c1-3-8-30-20-15(23)9-14(10-16(20)24)11-18-21(28)26(22(29)31-18)12-19(27)25-17-7-5-4-6-13(17)2/h1,4-7,9-11H,8,12H2,2H3,(H,25,27)/b18-11-. The average molecular weight is 658 g/mol. The number of carbonyl (C=O) groups is 3. The van der Waals surface area contributed by atoms with E-state index in [1.165, 1.54) is 0 Å². The number of hydrogen-bond acceptors (Lipinski definition) is 5. The first-order valence-electron chi connectivity index (χ1n) is 8.96. The summed E-state index contributed by atoms with van der Waals surface area (Å²) < 4.78 is 7.22. The molecule has 0 aliphatic carbocycles. The highest BCUT2D eigenvalue weighted by atomic mass is 127. The van der Waals surface area contributed by atoms with Crippen molar-refractivity contribution in [2.24, 2.45) is 0 Å². The molecule has 1 fully saturated rings. The highest BCUT2D eigenvalue weighted by Crippen LogP contribution is 2.34. The van der Waals surface area contributed by atoms with Crippen LogP contribution in [0.5, 0.6) is 5.75 Å². The largest absolute Gasteiger partial charge is 0.479 e. The molecular weight excluding hydrogens is 642 g/mol. The quantitative estimate of drug-likeness (QED) is 0.272. The summed E-state index contributed by atoms with van der Waals surface area (Å²) in [5.41, 5.74) is 2.28. The number of ether oxygens (including phenoxy) is 1. The van der Waals surface area contributed by atoms with Crippen molar-refractivity contribution in [3.8, 4) is 18.1 Å². The van der Waals surface area contributed by atoms with Gasteiger partial charge in [-0.25, -0.2) is 0 Å². The molecule has 9 heteroatoms. The number of para-hydroxylation sites is 1. The summed E-state index contributed by atoms with van der Waals surface area (Å²) in [4.78, 5) is 38.7. The zero-order valence-corrected chi connectivity index (χ0v) is 21.4. The van der Waals surface area contributed by atoms with E-state index in [1.54, 1.807) is 18.2 Å². The molecule has 3 amide bonds. The van der Waals surface area contributed by atoms with E-state index in [2.05, 4.69) is 56.4 Å². The smallest absolute Gasteiger partial charge is 0.294 e. The molecule has 1 heterocycles. The lowest BCUT2D eigenvalue weighted by Gasteiger charge is -2.13. The Balaban J connectivity index is 1.74. The molecule has 6 nitrogen and oxygen atoms in total. The second kappa shape index (κ2) is 10.5. The van der Waals surface area contributed by atoms with Gasteiger partial charge in [0.05, 0.1) is 12.0 Å². The number of carbonyl (C=O) groups excluding carboxylic acids is 3. The molecule has 0 aromatic heterocycles. The van der Waals surface area contributed by atoms with Gasteiger partial charge in [-0.2, -0.15) is 0 Å². The minimum absolute atomic E-state index is 0.162. The molecule has 2 aromatic carbocycles. The number of thioether (sulfide) groups is 1. The fourth-order valence-corrected chi connectivity index (χ4v) is 5.71. The van der Waals surface area contributed by atoms with Gasteiger partial charge in [0.15, 0.2) is 0 Å². The SMILES string of the molecule is C#CCOc1c(I)cc(/C=C2\SC(=O)N(CC(=O)Nc3ccccc3C)C2=O)cc1I. The number of amides is 3. The maximum absolute atomic E-state index is 12.7. The van der Waals surface area contributed by atoms with Crippen LogP contribution in [0.3, 0.4) is 0 Å². The molecule has 3 rings (SSSR count). The van der Waals surface area contributed by atoms with Crippen LogP contribution in [0.2, 0.25) is 0 Å². The lowest BCUT2D eigenvalue weighted by molar-refractivity contribution is -0.127. The molecule has 31 heavy (non-hydrogen) atoms. The van der Waals surface area contributed by atoms with Gasteiger partial charge >= 0.3 is 0 Å². The fourth-order valence-electron chi connectivity index (χ4n) is 2.75. The van der Waals surface area contributed by atoms with E-state index in [4.69, 9.17) is 11.2 Å². The molecule has 158 valence electrons. The Hall–Kier alpha value is -2.04. The molecule has 0 atom stereocenters. The second-order valence-electron chi connectivity index (χ2n) is 6.44. The summed E-state index contributed by atoms with van der Waals surface area (Å²) in [7, 11) is 0. The maximum atomic E-state index is 12.7. The van der Waals surface area contributed by atoms with Crippen LogP contribution in [-0.4, -0.2) is 35.1 Å². The number of benzene rings is 2. The number of rotatable bonds is 6. The highest BCUT2D eigenvalue weighted by molar-refractivity contribution is 14.1. The van der Waals surface area contributed by atoms with Crippen LogP contribution in [0.15, 0.2) is 41.3 Å². The van der Waals surface area contributed by atoms with Crippen molar-refractivity contribution in [3.63, 3.8) is 0 Å². The lowest BCUT2D eigenvalue weighted by atomic mass is 10.2. The van der Waals surface area contributed by atoms with Crippen molar-refractivity contribution in [1.29, 1.82) is 0 Å². The zero-order valence-electron chi connectivity index (χ0n) is 16.3. The number of anilines is 1. The van der Waals surface area contributed by atoms with Gasteiger partial charge in [0.2, 0.25) is 5.91 Å². The van der Waals surface area contributed by atoms with Crippen LogP contribution in [0.25, 0.3) is 6.08 Å². The molecule has 0 unspecified atom stereocenters. The number of halogens is 2. The average Bonchev–Trinajstić information content (AvgIpc) is 2.96. The normalized spacial score (nSPS) is 14.6. The summed E-state index contributed by atoms with van der Waals surface area (Å²) in [6.07, 6.45) is 6.89. The van der Waals surface area contributed by atoms with Gasteiger partial charge in [-0.1, -0.05) is 24.1 Å². The van der Waals surface area contributed by atoms with Crippen LogP contribution in [0.1, 0.15) is 11.1 Å². The summed E-state index contributed by atoms with van der Waals surface area (Å²) in [6.45, 7) is 1.68. The molecule has 0 saturated carbocycles. The van der Waals surface area contributed by atoms with E-state index in [1.807, 2.05) is 31.2 Å². The van der Waals surface area contributed by atoms with Crippen LogP contribution in [0.4, 0.5) is 10.5 Å². The predicted octanol–water partition coefficient (Wildman–Crippen LogP) is 4.89. The molecule has 1 N–H and O–H groups in total. The Kier molecular flexibility index (Phi) is 8.01. The van der Waals surface area contributed by atoms with Crippen LogP contribution >= 0.6 is 56.9 Å². The van der Waals surface area contributed by atoms with E-state index in [0.29, 0.717) is 11.4 Å². The predicted molar refractivity (Wildman–Crippen MR) is 139 cm³/mol. The third kappa shape index (κ3) is 5.81. The van der Waals surface area contributed by atoms with Crippen molar-refractivity contribution in [1.82, 2.24) is 4.90 Å². The van der Waals surface area contributed by atoms with Crippen molar-refractivity contribution in [2.75, 3.05) is 18.5 Å². The van der Waals surface area contributed by atoms with E-state index >= 15 is 0 Å². The summed E-state index contributed by atoms with van der Waals surface area (Å²) >= 11 is 5.08. The fraction of sp³-hybridized carbons (Fsp3) is 0.136. The van der Waals surface area contributed by atoms with E-state index in [-0.39, 0.29) is 18.1 Å². The minimum Gasteiger partial charge on any atom is -0.479 e. The molecule has 2 aromatic rings. The third-order valence-corrected chi connectivity index (χ3v) is 6.72. The van der Waals surface area contributed by atoms with Crippen molar-refractivity contribution >= 4 is 85.8 Å². The van der Waals surface area contributed by atoms with Crippen LogP contribution in [-0.2, 0) is 9.59 Å². The third-order valence-electron chi connectivity index (χ3n) is 4.21. The van der Waals surface area contributed by atoms with Crippen molar-refractivity contribution in [2.45, 2.75) is 6.92 Å². The Labute approximate surface area is 211 Å². The first-order chi connectivity index (χ1) is 14.8. The topological polar surface area (TPSA) is 75.7 Å². The van der Waals surface area contributed by atoms with E-state index < -0.39 is 17.1 Å². The van der Waals surface area contributed by atoms with Gasteiger partial charge in [-0.15, -0.1) is 6.42 Å². The van der Waals surface area contributed by atoms with Crippen molar-refractivity contribution in [3.05, 3.63) is 59.6 Å². The second-order valence-corrected chi connectivity index (χ2v) is 9.75. The maximum Gasteiger partial charge on any atom is 0.294 e. The van der Waals surface area contributed by atoms with Crippen LogP contribution in [0, 0.1) is 26.4 Å². The number of hydrogen-bond donors (Lipinski definition) is 1. The Morgan fingerprint density at radius 3 is 2.58 bits per heavy atom. The molecule has 0 bridgehead atoms. The van der Waals surface area contributed by atoms with Crippen molar-refractivity contribution < 1.29 is 19.1 Å². The number of nitrogens with zero attached hydrogens (tertiary/aromatic N) is 1. The van der Waals surface area contributed by atoms with E-state index in [9.17, 15) is 14.4 Å². The van der Waals surface area contributed by atoms with E-state index in [0.717, 1.165) is 34.9 Å². The molecular formula is C22H16I2N2O4S. The van der Waals surface area contributed by atoms with Gasteiger partial charge in [-0.3, -0.25) is 19.3 Å².